The Hall–Kier alpha value is -3.34. The van der Waals surface area contributed by atoms with Crippen molar-refractivity contribution < 1.29 is 9.53 Å². The Kier molecular flexibility index (Phi) is 4.98. The summed E-state index contributed by atoms with van der Waals surface area (Å²) in [5, 5.41) is 12.3. The number of carbonyl (C=O) groups excluding carboxylic acids is 1. The van der Waals surface area contributed by atoms with Gasteiger partial charge in [-0.3, -0.25) is 10.2 Å². The highest BCUT2D eigenvalue weighted by atomic mass is 16.5. The average Bonchev–Trinajstić information content (AvgIpc) is 3.20. The number of anilines is 1. The van der Waals surface area contributed by atoms with Crippen molar-refractivity contribution in [2.75, 3.05) is 5.32 Å². The van der Waals surface area contributed by atoms with Crippen molar-refractivity contribution in [3.63, 3.8) is 0 Å². The van der Waals surface area contributed by atoms with E-state index >= 15 is 0 Å². The summed E-state index contributed by atoms with van der Waals surface area (Å²) in [6, 6.07) is 18.6. The summed E-state index contributed by atoms with van der Waals surface area (Å²) in [5.41, 5.74) is 7.50. The molecule has 3 aromatic carbocycles. The Balaban J connectivity index is 1.50. The Bertz CT molecular complexity index is 1040. The molecule has 0 spiro atoms. The Morgan fingerprint density at radius 3 is 2.36 bits per heavy atom. The van der Waals surface area contributed by atoms with Crippen LogP contribution < -0.4 is 15.8 Å². The first-order valence-electron chi connectivity index (χ1n) is 9.55. The second-order valence-electron chi connectivity index (χ2n) is 7.20. The predicted molar refractivity (Wildman–Crippen MR) is 112 cm³/mol. The summed E-state index contributed by atoms with van der Waals surface area (Å²) in [4.78, 5) is 12.7. The van der Waals surface area contributed by atoms with Crippen LogP contribution in [0.3, 0.4) is 0 Å². The van der Waals surface area contributed by atoms with Crippen molar-refractivity contribution in [3.05, 3.63) is 71.8 Å². The summed E-state index contributed by atoms with van der Waals surface area (Å²) >= 11 is 0. The number of ether oxygens (including phenoxy) is 1. The number of hydrogen-bond donors (Lipinski definition) is 3. The second kappa shape index (κ2) is 7.72. The summed E-state index contributed by atoms with van der Waals surface area (Å²) in [6.07, 6.45) is 4.91. The van der Waals surface area contributed by atoms with Gasteiger partial charge in [-0.2, -0.15) is 0 Å². The molecule has 1 saturated carbocycles. The van der Waals surface area contributed by atoms with Crippen LogP contribution in [0, 0.1) is 5.41 Å². The highest BCUT2D eigenvalue weighted by Gasteiger charge is 2.16. The highest BCUT2D eigenvalue weighted by molar-refractivity contribution is 6.07. The van der Waals surface area contributed by atoms with Crippen LogP contribution in [0.5, 0.6) is 5.75 Å². The van der Waals surface area contributed by atoms with Crippen LogP contribution in [0.4, 0.5) is 5.69 Å². The molecule has 142 valence electrons. The highest BCUT2D eigenvalue weighted by Crippen LogP contribution is 2.26. The third-order valence-electron chi connectivity index (χ3n) is 5.11. The van der Waals surface area contributed by atoms with Crippen LogP contribution in [-0.2, 0) is 0 Å². The number of nitrogen functional groups attached to an aromatic ring is 1. The molecule has 0 radical (unpaired) electrons. The molecule has 0 atom stereocenters. The topological polar surface area (TPSA) is 88.2 Å². The first-order valence-corrected chi connectivity index (χ1v) is 9.55. The zero-order chi connectivity index (χ0) is 19.5. The molecule has 0 unspecified atom stereocenters. The molecule has 5 nitrogen and oxygen atoms in total. The summed E-state index contributed by atoms with van der Waals surface area (Å²) in [6.45, 7) is 0. The molecule has 0 bridgehead atoms. The molecule has 3 aromatic rings. The largest absolute Gasteiger partial charge is 0.490 e. The molecule has 5 heteroatoms. The molecule has 1 aliphatic rings. The molecule has 0 saturated heterocycles. The SMILES string of the molecule is N=C(N)c1ccc2cc(C(=O)Nc3cccc(OC4CCCC4)c3)ccc2c1. The lowest BCUT2D eigenvalue weighted by atomic mass is 10.0. The number of rotatable bonds is 5. The van der Waals surface area contributed by atoms with Crippen molar-refractivity contribution >= 4 is 28.2 Å². The number of amides is 1. The van der Waals surface area contributed by atoms with Crippen molar-refractivity contribution in [2.24, 2.45) is 5.73 Å². The molecule has 0 aromatic heterocycles. The van der Waals surface area contributed by atoms with Crippen molar-refractivity contribution in [3.8, 4) is 5.75 Å². The van der Waals surface area contributed by atoms with Gasteiger partial charge >= 0.3 is 0 Å². The van der Waals surface area contributed by atoms with Gasteiger partial charge in [-0.1, -0.05) is 24.3 Å². The fourth-order valence-electron chi connectivity index (χ4n) is 3.60. The first kappa shape index (κ1) is 18.0. The second-order valence-corrected chi connectivity index (χ2v) is 7.20. The minimum Gasteiger partial charge on any atom is -0.490 e. The lowest BCUT2D eigenvalue weighted by Gasteiger charge is -2.14. The number of nitrogens with one attached hydrogen (secondary N) is 2. The van der Waals surface area contributed by atoms with Gasteiger partial charge in [0.15, 0.2) is 0 Å². The zero-order valence-corrected chi connectivity index (χ0v) is 15.6. The van der Waals surface area contributed by atoms with Gasteiger partial charge in [0.2, 0.25) is 0 Å². The minimum atomic E-state index is -0.171. The van der Waals surface area contributed by atoms with Gasteiger partial charge in [0.05, 0.1) is 6.10 Å². The van der Waals surface area contributed by atoms with Crippen molar-refractivity contribution in [2.45, 2.75) is 31.8 Å². The van der Waals surface area contributed by atoms with E-state index < -0.39 is 0 Å². The first-order chi connectivity index (χ1) is 13.6. The number of fused-ring (bicyclic) bond motifs is 1. The van der Waals surface area contributed by atoms with E-state index in [0.29, 0.717) is 16.8 Å². The fraction of sp³-hybridized carbons (Fsp3) is 0.217. The molecule has 1 fully saturated rings. The molecule has 1 amide bonds. The van der Waals surface area contributed by atoms with E-state index in [9.17, 15) is 4.79 Å². The quantitative estimate of drug-likeness (QED) is 0.447. The van der Waals surface area contributed by atoms with Gasteiger partial charge in [-0.25, -0.2) is 0 Å². The maximum atomic E-state index is 12.7. The third-order valence-corrected chi connectivity index (χ3v) is 5.11. The fourth-order valence-corrected chi connectivity index (χ4v) is 3.60. The molecule has 4 rings (SSSR count). The van der Waals surface area contributed by atoms with E-state index in [0.717, 1.165) is 29.4 Å². The lowest BCUT2D eigenvalue weighted by molar-refractivity contribution is 0.102. The van der Waals surface area contributed by atoms with Crippen LogP contribution in [0.25, 0.3) is 10.8 Å². The van der Waals surface area contributed by atoms with Crippen LogP contribution in [0.2, 0.25) is 0 Å². The van der Waals surface area contributed by atoms with E-state index in [1.165, 1.54) is 12.8 Å². The van der Waals surface area contributed by atoms with Gasteiger partial charge < -0.3 is 15.8 Å². The maximum Gasteiger partial charge on any atom is 0.255 e. The predicted octanol–water partition coefficient (Wildman–Crippen LogP) is 4.70. The molecule has 28 heavy (non-hydrogen) atoms. The normalized spacial score (nSPS) is 14.1. The summed E-state index contributed by atoms with van der Waals surface area (Å²) in [5.74, 6) is 0.652. The van der Waals surface area contributed by atoms with Crippen LogP contribution in [0.15, 0.2) is 60.7 Å². The third kappa shape index (κ3) is 3.98. The van der Waals surface area contributed by atoms with E-state index in [1.807, 2.05) is 48.5 Å². The van der Waals surface area contributed by atoms with Gasteiger partial charge in [0, 0.05) is 22.9 Å². The van der Waals surface area contributed by atoms with E-state index in [1.54, 1.807) is 12.1 Å². The van der Waals surface area contributed by atoms with Crippen molar-refractivity contribution in [1.29, 1.82) is 5.41 Å². The zero-order valence-electron chi connectivity index (χ0n) is 15.6. The summed E-state index contributed by atoms with van der Waals surface area (Å²) < 4.78 is 6.01. The van der Waals surface area contributed by atoms with Gasteiger partial charge in [-0.15, -0.1) is 0 Å². The van der Waals surface area contributed by atoms with E-state index in [4.69, 9.17) is 15.9 Å². The number of benzene rings is 3. The minimum absolute atomic E-state index is 0.0309. The maximum absolute atomic E-state index is 12.7. The molecule has 4 N–H and O–H groups in total. The lowest BCUT2D eigenvalue weighted by Crippen LogP contribution is -2.13. The molecule has 1 aliphatic carbocycles. The number of amidine groups is 1. The Morgan fingerprint density at radius 1 is 0.964 bits per heavy atom. The monoisotopic (exact) mass is 373 g/mol. The number of hydrogen-bond acceptors (Lipinski definition) is 3. The molecular weight excluding hydrogens is 350 g/mol. The number of carbonyl (C=O) groups is 1. The smallest absolute Gasteiger partial charge is 0.255 e. The van der Waals surface area contributed by atoms with Crippen molar-refractivity contribution in [1.82, 2.24) is 0 Å². The van der Waals surface area contributed by atoms with Gasteiger partial charge in [-0.05, 0) is 66.8 Å². The van der Waals surface area contributed by atoms with Crippen LogP contribution in [0.1, 0.15) is 41.6 Å². The Labute approximate surface area is 164 Å². The molecular formula is C23H23N3O2. The number of nitrogens with two attached hydrogens (primary N) is 1. The van der Waals surface area contributed by atoms with Crippen LogP contribution in [-0.4, -0.2) is 17.8 Å². The summed E-state index contributed by atoms with van der Waals surface area (Å²) in [7, 11) is 0. The standard InChI is InChI=1S/C23H23N3O2/c24-22(25)17-10-8-16-13-18(11-9-15(16)12-17)23(27)26-19-4-3-7-21(14-19)28-20-5-1-2-6-20/h3-4,7-14,20H,1-2,5-6H2,(H3,24,25)(H,26,27). The molecule has 0 aliphatic heterocycles. The van der Waals surface area contributed by atoms with E-state index in [2.05, 4.69) is 5.32 Å². The van der Waals surface area contributed by atoms with E-state index in [-0.39, 0.29) is 17.8 Å². The molecule has 0 heterocycles. The van der Waals surface area contributed by atoms with Crippen LogP contribution >= 0.6 is 0 Å². The van der Waals surface area contributed by atoms with Gasteiger partial charge in [0.25, 0.3) is 5.91 Å². The average molecular weight is 373 g/mol. The van der Waals surface area contributed by atoms with Gasteiger partial charge in [0.1, 0.15) is 11.6 Å². The Morgan fingerprint density at radius 2 is 1.64 bits per heavy atom.